The average Bonchev–Trinajstić information content (AvgIpc) is 2.96. The number of carboxylic acids is 1. The van der Waals surface area contributed by atoms with Crippen molar-refractivity contribution in [3.8, 4) is 11.5 Å². The Kier molecular flexibility index (Phi) is 5.37. The summed E-state index contributed by atoms with van der Waals surface area (Å²) in [6.45, 7) is 1.50. The smallest absolute Gasteiger partial charge is 0.328 e. The SMILES string of the molecule is C[C@@H](O)[C@H](NC(=O)/C=C/C=C/c1ccc2c(c1)OCO2)C(=O)O. The van der Waals surface area contributed by atoms with Crippen molar-refractivity contribution in [3.63, 3.8) is 0 Å². The maximum Gasteiger partial charge on any atom is 0.328 e. The predicted molar refractivity (Wildman–Crippen MR) is 82.0 cm³/mol. The van der Waals surface area contributed by atoms with Gasteiger partial charge < -0.3 is 25.0 Å². The number of rotatable bonds is 6. The van der Waals surface area contributed by atoms with Crippen molar-refractivity contribution in [1.29, 1.82) is 0 Å². The first kappa shape index (κ1) is 16.6. The van der Waals surface area contributed by atoms with E-state index in [1.165, 1.54) is 19.1 Å². The number of hydrogen-bond acceptors (Lipinski definition) is 5. The van der Waals surface area contributed by atoms with E-state index in [4.69, 9.17) is 14.6 Å². The molecule has 0 radical (unpaired) electrons. The monoisotopic (exact) mass is 319 g/mol. The molecule has 7 nitrogen and oxygen atoms in total. The zero-order valence-electron chi connectivity index (χ0n) is 12.4. The minimum atomic E-state index is -1.34. The first-order chi connectivity index (χ1) is 11.0. The van der Waals surface area contributed by atoms with Crippen molar-refractivity contribution in [2.75, 3.05) is 6.79 Å². The van der Waals surface area contributed by atoms with Gasteiger partial charge in [0.1, 0.15) is 0 Å². The van der Waals surface area contributed by atoms with Crippen LogP contribution in [0.5, 0.6) is 11.5 Å². The van der Waals surface area contributed by atoms with Crippen LogP contribution in [-0.4, -0.2) is 41.0 Å². The Morgan fingerprint density at radius 3 is 2.70 bits per heavy atom. The highest BCUT2D eigenvalue weighted by Crippen LogP contribution is 2.32. The molecule has 1 heterocycles. The van der Waals surface area contributed by atoms with Gasteiger partial charge >= 0.3 is 5.97 Å². The third-order valence-corrected chi connectivity index (χ3v) is 3.09. The van der Waals surface area contributed by atoms with Gasteiger partial charge in [0.05, 0.1) is 6.10 Å². The zero-order chi connectivity index (χ0) is 16.8. The zero-order valence-corrected chi connectivity index (χ0v) is 12.4. The minimum absolute atomic E-state index is 0.205. The van der Waals surface area contributed by atoms with Gasteiger partial charge in [-0.2, -0.15) is 0 Å². The third-order valence-electron chi connectivity index (χ3n) is 3.09. The maximum atomic E-state index is 11.6. The molecule has 7 heteroatoms. The largest absolute Gasteiger partial charge is 0.480 e. The van der Waals surface area contributed by atoms with E-state index >= 15 is 0 Å². The lowest BCUT2D eigenvalue weighted by Gasteiger charge is -2.15. The summed E-state index contributed by atoms with van der Waals surface area (Å²) in [5, 5.41) is 20.3. The number of fused-ring (bicyclic) bond motifs is 1. The van der Waals surface area contributed by atoms with Gasteiger partial charge in [-0.3, -0.25) is 4.79 Å². The van der Waals surface area contributed by atoms with Crippen LogP contribution in [0.1, 0.15) is 12.5 Å². The number of aliphatic hydroxyl groups is 1. The number of carbonyl (C=O) groups is 2. The Hall–Kier alpha value is -2.80. The van der Waals surface area contributed by atoms with E-state index in [9.17, 15) is 14.7 Å². The highest BCUT2D eigenvalue weighted by Gasteiger charge is 2.23. The van der Waals surface area contributed by atoms with Crippen molar-refractivity contribution in [2.45, 2.75) is 19.1 Å². The number of amides is 1. The number of benzene rings is 1. The second-order valence-electron chi connectivity index (χ2n) is 4.90. The van der Waals surface area contributed by atoms with E-state index in [1.54, 1.807) is 24.3 Å². The van der Waals surface area contributed by atoms with Gasteiger partial charge in [0.15, 0.2) is 17.5 Å². The number of hydrogen-bond donors (Lipinski definition) is 3. The lowest BCUT2D eigenvalue weighted by molar-refractivity contribution is -0.144. The fourth-order valence-electron chi connectivity index (χ4n) is 1.92. The molecule has 0 spiro atoms. The lowest BCUT2D eigenvalue weighted by atomic mass is 10.2. The van der Waals surface area contributed by atoms with Crippen LogP contribution in [0.25, 0.3) is 6.08 Å². The average molecular weight is 319 g/mol. The predicted octanol–water partition coefficient (Wildman–Crippen LogP) is 0.935. The third kappa shape index (κ3) is 4.58. The van der Waals surface area contributed by atoms with Crippen molar-refractivity contribution in [2.24, 2.45) is 0 Å². The first-order valence-corrected chi connectivity index (χ1v) is 6.93. The Morgan fingerprint density at radius 2 is 2.00 bits per heavy atom. The number of carbonyl (C=O) groups excluding carboxylic acids is 1. The Labute approximate surface area is 132 Å². The van der Waals surface area contributed by atoms with Gasteiger partial charge in [0, 0.05) is 6.08 Å². The summed E-state index contributed by atoms with van der Waals surface area (Å²) in [6.07, 6.45) is 4.86. The van der Waals surface area contributed by atoms with E-state index in [1.807, 2.05) is 6.07 Å². The summed E-state index contributed by atoms with van der Waals surface area (Å²) in [5.41, 5.74) is 0.867. The number of carboxylic acid groups (broad SMARTS) is 1. The van der Waals surface area contributed by atoms with E-state index in [0.717, 1.165) is 5.56 Å². The lowest BCUT2D eigenvalue weighted by Crippen LogP contribution is -2.47. The molecule has 1 aliphatic rings. The molecule has 2 atom stereocenters. The second kappa shape index (κ2) is 7.46. The molecule has 0 saturated carbocycles. The number of ether oxygens (including phenoxy) is 2. The molecule has 1 aromatic carbocycles. The van der Waals surface area contributed by atoms with Gasteiger partial charge in [0.25, 0.3) is 0 Å². The van der Waals surface area contributed by atoms with Crippen LogP contribution in [0.3, 0.4) is 0 Å². The molecule has 1 amide bonds. The molecular weight excluding hydrogens is 302 g/mol. The molecule has 3 N–H and O–H groups in total. The van der Waals surface area contributed by atoms with E-state index < -0.39 is 24.0 Å². The quantitative estimate of drug-likeness (QED) is 0.532. The maximum absolute atomic E-state index is 11.6. The summed E-state index contributed by atoms with van der Waals surface area (Å²) in [6, 6.07) is 4.09. The molecule has 0 bridgehead atoms. The summed E-state index contributed by atoms with van der Waals surface area (Å²) in [4.78, 5) is 22.4. The van der Waals surface area contributed by atoms with Crippen LogP contribution in [0, 0.1) is 0 Å². The van der Waals surface area contributed by atoms with Gasteiger partial charge in [-0.15, -0.1) is 0 Å². The van der Waals surface area contributed by atoms with Crippen molar-refractivity contribution >= 4 is 18.0 Å². The molecular formula is C16H17NO6. The first-order valence-electron chi connectivity index (χ1n) is 6.93. The molecule has 23 heavy (non-hydrogen) atoms. The summed E-state index contributed by atoms with van der Waals surface area (Å²) >= 11 is 0. The highest BCUT2D eigenvalue weighted by molar-refractivity contribution is 5.91. The summed E-state index contributed by atoms with van der Waals surface area (Å²) in [5.74, 6) is -0.545. The topological polar surface area (TPSA) is 105 Å². The molecule has 0 unspecified atom stereocenters. The van der Waals surface area contributed by atoms with Crippen molar-refractivity contribution in [3.05, 3.63) is 42.0 Å². The Bertz CT molecular complexity index is 650. The number of allylic oxidation sites excluding steroid dienone is 2. The highest BCUT2D eigenvalue weighted by atomic mass is 16.7. The minimum Gasteiger partial charge on any atom is -0.480 e. The molecule has 0 saturated heterocycles. The number of nitrogens with one attached hydrogen (secondary N) is 1. The van der Waals surface area contributed by atoms with Gasteiger partial charge in [0.2, 0.25) is 12.7 Å². The van der Waals surface area contributed by atoms with Gasteiger partial charge in [-0.05, 0) is 24.6 Å². The van der Waals surface area contributed by atoms with Crippen molar-refractivity contribution in [1.82, 2.24) is 5.32 Å². The van der Waals surface area contributed by atoms with Crippen molar-refractivity contribution < 1.29 is 29.3 Å². The Balaban J connectivity index is 1.90. The van der Waals surface area contributed by atoms with Crippen LogP contribution in [0.4, 0.5) is 0 Å². The fraction of sp³-hybridized carbons (Fsp3) is 0.250. The normalized spacial score (nSPS) is 15.7. The molecule has 122 valence electrons. The molecule has 1 aliphatic heterocycles. The standard InChI is InChI=1S/C16H17NO6/c1-10(18)15(16(20)21)17-14(19)5-3-2-4-11-6-7-12-13(8-11)23-9-22-12/h2-8,10,15,18H,9H2,1H3,(H,17,19)(H,20,21)/b4-2+,5-3+/t10-,15+/m1/s1. The summed E-state index contributed by atoms with van der Waals surface area (Å²) < 4.78 is 10.5. The number of aliphatic hydroxyl groups excluding tert-OH is 1. The van der Waals surface area contributed by atoms with E-state index in [-0.39, 0.29) is 6.79 Å². The van der Waals surface area contributed by atoms with Crippen LogP contribution in [-0.2, 0) is 9.59 Å². The molecule has 0 aliphatic carbocycles. The molecule has 0 aromatic heterocycles. The summed E-state index contributed by atoms with van der Waals surface area (Å²) in [7, 11) is 0. The molecule has 2 rings (SSSR count). The molecule has 1 aromatic rings. The van der Waals surface area contributed by atoms with Gasteiger partial charge in [-0.25, -0.2) is 4.79 Å². The van der Waals surface area contributed by atoms with E-state index in [0.29, 0.717) is 11.5 Å². The molecule has 0 fully saturated rings. The van der Waals surface area contributed by atoms with Crippen LogP contribution < -0.4 is 14.8 Å². The second-order valence-corrected chi connectivity index (χ2v) is 4.90. The van der Waals surface area contributed by atoms with Gasteiger partial charge in [-0.1, -0.05) is 24.3 Å². The van der Waals surface area contributed by atoms with E-state index in [2.05, 4.69) is 5.32 Å². The van der Waals surface area contributed by atoms with Crippen LogP contribution in [0.2, 0.25) is 0 Å². The van der Waals surface area contributed by atoms with Crippen LogP contribution in [0.15, 0.2) is 36.4 Å². The number of aliphatic carboxylic acids is 1. The fourth-order valence-corrected chi connectivity index (χ4v) is 1.92. The Morgan fingerprint density at radius 1 is 1.26 bits per heavy atom. The van der Waals surface area contributed by atoms with Crippen LogP contribution >= 0.6 is 0 Å².